The Hall–Kier alpha value is -0.740. The highest BCUT2D eigenvalue weighted by Gasteiger charge is 2.01. The van der Waals surface area contributed by atoms with Crippen molar-refractivity contribution < 1.29 is 19.1 Å². The van der Waals surface area contributed by atoms with E-state index in [9.17, 15) is 9.59 Å². The molecule has 1 atom stereocenters. The summed E-state index contributed by atoms with van der Waals surface area (Å²) >= 11 is 0. The van der Waals surface area contributed by atoms with Crippen LogP contribution in [0.25, 0.3) is 0 Å². The Morgan fingerprint density at radius 3 is 2.56 bits per heavy atom. The molecule has 0 aliphatic carbocycles. The summed E-state index contributed by atoms with van der Waals surface area (Å²) in [4.78, 5) is 19.5. The molecule has 9 heavy (non-hydrogen) atoms. The standard InChI is InChI=1S/C5H8O4/c1-8-5(4-7)9-3-2-6/h2,4-5H,3H2,1H3. The van der Waals surface area contributed by atoms with E-state index in [4.69, 9.17) is 0 Å². The highest BCUT2D eigenvalue weighted by molar-refractivity contribution is 5.55. The van der Waals surface area contributed by atoms with Gasteiger partial charge in [-0.1, -0.05) is 0 Å². The Kier molecular flexibility index (Phi) is 4.95. The highest BCUT2D eigenvalue weighted by Crippen LogP contribution is 1.84. The summed E-state index contributed by atoms with van der Waals surface area (Å²) in [6, 6.07) is 0. The lowest BCUT2D eigenvalue weighted by atomic mass is 10.7. The fourth-order valence-electron chi connectivity index (χ4n) is 0.297. The van der Waals surface area contributed by atoms with Gasteiger partial charge in [0.25, 0.3) is 0 Å². The van der Waals surface area contributed by atoms with Crippen LogP contribution in [0, 0.1) is 0 Å². The van der Waals surface area contributed by atoms with Gasteiger partial charge in [-0.2, -0.15) is 0 Å². The third-order valence-corrected chi connectivity index (χ3v) is 0.672. The predicted octanol–water partition coefficient (Wildman–Crippen LogP) is -0.627. The van der Waals surface area contributed by atoms with Crippen molar-refractivity contribution in [1.82, 2.24) is 0 Å². The van der Waals surface area contributed by atoms with Crippen LogP contribution in [0.3, 0.4) is 0 Å². The summed E-state index contributed by atoms with van der Waals surface area (Å²) in [5.41, 5.74) is 0. The number of aldehydes is 2. The van der Waals surface area contributed by atoms with Gasteiger partial charge < -0.3 is 14.3 Å². The van der Waals surface area contributed by atoms with E-state index in [-0.39, 0.29) is 6.61 Å². The minimum atomic E-state index is -0.907. The average Bonchev–Trinajstić information content (AvgIpc) is 1.91. The maximum atomic E-state index is 9.88. The topological polar surface area (TPSA) is 52.6 Å². The molecule has 0 aliphatic rings. The molecule has 0 spiro atoms. The maximum absolute atomic E-state index is 9.88. The fourth-order valence-corrected chi connectivity index (χ4v) is 0.297. The maximum Gasteiger partial charge on any atom is 0.214 e. The van der Waals surface area contributed by atoms with Crippen LogP contribution in [0.1, 0.15) is 0 Å². The molecule has 0 saturated heterocycles. The number of hydrogen-bond donors (Lipinski definition) is 0. The lowest BCUT2D eigenvalue weighted by molar-refractivity contribution is -0.151. The second-order valence-corrected chi connectivity index (χ2v) is 1.24. The number of carbonyl (C=O) groups is 2. The van der Waals surface area contributed by atoms with Crippen LogP contribution in [-0.2, 0) is 19.1 Å². The lowest BCUT2D eigenvalue weighted by Crippen LogP contribution is -2.17. The van der Waals surface area contributed by atoms with Crippen LogP contribution in [-0.4, -0.2) is 32.6 Å². The number of rotatable bonds is 5. The van der Waals surface area contributed by atoms with Crippen molar-refractivity contribution in [2.24, 2.45) is 0 Å². The number of ether oxygens (including phenoxy) is 2. The van der Waals surface area contributed by atoms with Crippen molar-refractivity contribution in [2.75, 3.05) is 13.7 Å². The average molecular weight is 132 g/mol. The van der Waals surface area contributed by atoms with E-state index in [0.29, 0.717) is 12.6 Å². The zero-order chi connectivity index (χ0) is 7.11. The van der Waals surface area contributed by atoms with Crippen LogP contribution in [0.4, 0.5) is 0 Å². The normalized spacial score (nSPS) is 12.6. The molecule has 0 aromatic rings. The van der Waals surface area contributed by atoms with Gasteiger partial charge in [-0.15, -0.1) is 0 Å². The summed E-state index contributed by atoms with van der Waals surface area (Å²) in [6.07, 6.45) is 0.120. The fraction of sp³-hybridized carbons (Fsp3) is 0.600. The lowest BCUT2D eigenvalue weighted by Gasteiger charge is -2.04. The van der Waals surface area contributed by atoms with Crippen LogP contribution < -0.4 is 0 Å². The Balaban J connectivity index is 3.30. The minimum absolute atomic E-state index is 0.114. The molecule has 4 heteroatoms. The summed E-state index contributed by atoms with van der Waals surface area (Å²) in [6.45, 7) is -0.114. The molecule has 0 aliphatic heterocycles. The third kappa shape index (κ3) is 3.81. The van der Waals surface area contributed by atoms with Gasteiger partial charge in [0, 0.05) is 7.11 Å². The summed E-state index contributed by atoms with van der Waals surface area (Å²) in [7, 11) is 1.32. The van der Waals surface area contributed by atoms with Gasteiger partial charge in [0.15, 0.2) is 6.29 Å². The van der Waals surface area contributed by atoms with Crippen molar-refractivity contribution in [3.05, 3.63) is 0 Å². The van der Waals surface area contributed by atoms with Gasteiger partial charge >= 0.3 is 0 Å². The first-order chi connectivity index (χ1) is 4.35. The minimum Gasteiger partial charge on any atom is -0.350 e. The molecule has 0 saturated carbocycles. The second kappa shape index (κ2) is 5.40. The van der Waals surface area contributed by atoms with Gasteiger partial charge in [-0.3, -0.25) is 4.79 Å². The van der Waals surface area contributed by atoms with Gasteiger partial charge in [-0.25, -0.2) is 0 Å². The molecular formula is C5H8O4. The summed E-state index contributed by atoms with van der Waals surface area (Å²) in [5, 5.41) is 0. The molecule has 4 nitrogen and oxygen atoms in total. The zero-order valence-corrected chi connectivity index (χ0v) is 5.07. The smallest absolute Gasteiger partial charge is 0.214 e. The molecule has 0 radical (unpaired) electrons. The van der Waals surface area contributed by atoms with Crippen LogP contribution in [0.2, 0.25) is 0 Å². The van der Waals surface area contributed by atoms with Gasteiger partial charge in [0.1, 0.15) is 12.9 Å². The van der Waals surface area contributed by atoms with Gasteiger partial charge in [0.2, 0.25) is 6.29 Å². The van der Waals surface area contributed by atoms with E-state index in [1.165, 1.54) is 7.11 Å². The van der Waals surface area contributed by atoms with Gasteiger partial charge in [-0.05, 0) is 0 Å². The predicted molar refractivity (Wildman–Crippen MR) is 28.9 cm³/mol. The number of methoxy groups -OCH3 is 1. The van der Waals surface area contributed by atoms with E-state index in [1.807, 2.05) is 0 Å². The van der Waals surface area contributed by atoms with E-state index in [0.717, 1.165) is 0 Å². The second-order valence-electron chi connectivity index (χ2n) is 1.24. The molecular weight excluding hydrogens is 124 g/mol. The summed E-state index contributed by atoms with van der Waals surface area (Å²) < 4.78 is 8.98. The highest BCUT2D eigenvalue weighted by atomic mass is 16.7. The first kappa shape index (κ1) is 8.26. The van der Waals surface area contributed by atoms with Crippen molar-refractivity contribution in [2.45, 2.75) is 6.29 Å². The first-order valence-electron chi connectivity index (χ1n) is 2.38. The molecule has 0 N–H and O–H groups in total. The van der Waals surface area contributed by atoms with E-state index < -0.39 is 6.29 Å². The SMILES string of the molecule is COC(C=O)OCC=O. The molecule has 0 rings (SSSR count). The Labute approximate surface area is 52.7 Å². The van der Waals surface area contributed by atoms with Crippen molar-refractivity contribution in [3.8, 4) is 0 Å². The van der Waals surface area contributed by atoms with Crippen LogP contribution in [0.15, 0.2) is 0 Å². The third-order valence-electron chi connectivity index (χ3n) is 0.672. The molecule has 0 aromatic heterocycles. The Morgan fingerprint density at radius 1 is 1.56 bits per heavy atom. The van der Waals surface area contributed by atoms with Gasteiger partial charge in [0.05, 0.1) is 0 Å². The van der Waals surface area contributed by atoms with Crippen molar-refractivity contribution in [1.29, 1.82) is 0 Å². The largest absolute Gasteiger partial charge is 0.350 e. The van der Waals surface area contributed by atoms with Crippen molar-refractivity contribution in [3.63, 3.8) is 0 Å². The Morgan fingerprint density at radius 2 is 2.22 bits per heavy atom. The first-order valence-corrected chi connectivity index (χ1v) is 2.38. The molecule has 0 fully saturated rings. The molecule has 0 amide bonds. The Bertz CT molecular complexity index is 91.0. The van der Waals surface area contributed by atoms with E-state index in [2.05, 4.69) is 9.47 Å². The summed E-state index contributed by atoms with van der Waals surface area (Å²) in [5.74, 6) is 0. The zero-order valence-electron chi connectivity index (χ0n) is 5.07. The molecule has 52 valence electrons. The molecule has 0 heterocycles. The van der Waals surface area contributed by atoms with Crippen molar-refractivity contribution >= 4 is 12.6 Å². The number of carbonyl (C=O) groups excluding carboxylic acids is 2. The molecule has 0 aromatic carbocycles. The number of hydrogen-bond acceptors (Lipinski definition) is 4. The molecule has 1 unspecified atom stereocenters. The molecule has 0 bridgehead atoms. The van der Waals surface area contributed by atoms with Crippen LogP contribution in [0.5, 0.6) is 0 Å². The van der Waals surface area contributed by atoms with E-state index in [1.54, 1.807) is 0 Å². The van der Waals surface area contributed by atoms with Crippen LogP contribution >= 0.6 is 0 Å². The quantitative estimate of drug-likeness (QED) is 0.369. The monoisotopic (exact) mass is 132 g/mol. The van der Waals surface area contributed by atoms with E-state index >= 15 is 0 Å².